The lowest BCUT2D eigenvalue weighted by atomic mass is 10.2. The van der Waals surface area contributed by atoms with E-state index < -0.39 is 0 Å². The number of benzene rings is 2. The monoisotopic (exact) mass is 369 g/mol. The maximum Gasteiger partial charge on any atom is 0.234 e. The van der Waals surface area contributed by atoms with Crippen molar-refractivity contribution >= 4 is 5.91 Å². The van der Waals surface area contributed by atoms with Crippen molar-refractivity contribution in [3.8, 4) is 11.5 Å². The van der Waals surface area contributed by atoms with Crippen molar-refractivity contribution < 1.29 is 14.3 Å². The Balaban J connectivity index is 1.51. The molecule has 0 bridgehead atoms. The number of amides is 1. The summed E-state index contributed by atoms with van der Waals surface area (Å²) in [5, 5.41) is 6.26. The average molecular weight is 369 g/mol. The molecule has 1 fully saturated rings. The molecule has 0 atom stereocenters. The largest absolute Gasteiger partial charge is 0.493 e. The zero-order valence-electron chi connectivity index (χ0n) is 15.7. The number of hydrogen-bond acceptors (Lipinski definition) is 5. The summed E-state index contributed by atoms with van der Waals surface area (Å²) < 4.78 is 11.3. The van der Waals surface area contributed by atoms with E-state index in [2.05, 4.69) is 15.5 Å². The van der Waals surface area contributed by atoms with Crippen LogP contribution in [0.4, 0.5) is 0 Å². The summed E-state index contributed by atoms with van der Waals surface area (Å²) in [7, 11) is 1.62. The molecule has 2 aromatic rings. The van der Waals surface area contributed by atoms with Crippen molar-refractivity contribution in [3.05, 3.63) is 59.7 Å². The topological polar surface area (TPSA) is 62.8 Å². The van der Waals surface area contributed by atoms with Gasteiger partial charge in [0.15, 0.2) is 11.5 Å². The molecular weight excluding hydrogens is 342 g/mol. The van der Waals surface area contributed by atoms with Gasteiger partial charge in [0.1, 0.15) is 6.61 Å². The zero-order chi connectivity index (χ0) is 18.9. The number of rotatable bonds is 8. The summed E-state index contributed by atoms with van der Waals surface area (Å²) in [6.07, 6.45) is 0. The Labute approximate surface area is 160 Å². The van der Waals surface area contributed by atoms with Crippen LogP contribution >= 0.6 is 0 Å². The third kappa shape index (κ3) is 5.98. The first-order chi connectivity index (χ1) is 13.2. The van der Waals surface area contributed by atoms with Gasteiger partial charge >= 0.3 is 0 Å². The van der Waals surface area contributed by atoms with Gasteiger partial charge in [-0.05, 0) is 23.3 Å². The number of ether oxygens (including phenoxy) is 2. The molecule has 1 aliphatic heterocycles. The van der Waals surface area contributed by atoms with Crippen LogP contribution in [0.2, 0.25) is 0 Å². The van der Waals surface area contributed by atoms with E-state index in [0.717, 1.165) is 37.3 Å². The van der Waals surface area contributed by atoms with Crippen LogP contribution in [0.3, 0.4) is 0 Å². The highest BCUT2D eigenvalue weighted by Gasteiger charge is 2.13. The van der Waals surface area contributed by atoms with Crippen LogP contribution in [-0.4, -0.2) is 50.6 Å². The molecule has 6 heteroatoms. The maximum atomic E-state index is 12.1. The molecule has 1 amide bonds. The van der Waals surface area contributed by atoms with Crippen LogP contribution in [0.1, 0.15) is 11.1 Å². The fourth-order valence-corrected chi connectivity index (χ4v) is 3.01. The first-order valence-corrected chi connectivity index (χ1v) is 9.28. The second-order valence-corrected chi connectivity index (χ2v) is 6.56. The van der Waals surface area contributed by atoms with E-state index in [1.807, 2.05) is 48.5 Å². The normalized spacial score (nSPS) is 14.6. The lowest BCUT2D eigenvalue weighted by molar-refractivity contribution is -0.122. The molecule has 0 radical (unpaired) electrons. The van der Waals surface area contributed by atoms with Crippen molar-refractivity contribution in [1.29, 1.82) is 0 Å². The van der Waals surface area contributed by atoms with Gasteiger partial charge in [-0.3, -0.25) is 9.69 Å². The van der Waals surface area contributed by atoms with E-state index in [4.69, 9.17) is 9.47 Å². The Hall–Kier alpha value is -2.57. The van der Waals surface area contributed by atoms with Crippen molar-refractivity contribution in [2.45, 2.75) is 13.2 Å². The predicted octanol–water partition coefficient (Wildman–Crippen LogP) is 1.80. The van der Waals surface area contributed by atoms with Crippen molar-refractivity contribution in [1.82, 2.24) is 15.5 Å². The van der Waals surface area contributed by atoms with E-state index in [-0.39, 0.29) is 5.91 Å². The first kappa shape index (κ1) is 19.2. The third-order valence-corrected chi connectivity index (χ3v) is 4.53. The number of piperazine rings is 1. The van der Waals surface area contributed by atoms with Crippen molar-refractivity contribution in [2.24, 2.45) is 0 Å². The minimum Gasteiger partial charge on any atom is -0.493 e. The van der Waals surface area contributed by atoms with Crippen LogP contribution in [0.25, 0.3) is 0 Å². The van der Waals surface area contributed by atoms with Gasteiger partial charge in [0.25, 0.3) is 0 Å². The zero-order valence-corrected chi connectivity index (χ0v) is 15.7. The molecule has 2 aromatic carbocycles. The standard InChI is InChI=1S/C21H27N3O3/c1-26-20-13-18(14-23-21(25)15-24-11-9-22-10-12-24)7-8-19(20)27-16-17-5-3-2-4-6-17/h2-8,13,22H,9-12,14-16H2,1H3,(H,23,25). The van der Waals surface area contributed by atoms with Crippen LogP contribution in [0.15, 0.2) is 48.5 Å². The summed E-state index contributed by atoms with van der Waals surface area (Å²) in [5.41, 5.74) is 2.08. The molecule has 1 heterocycles. The highest BCUT2D eigenvalue weighted by atomic mass is 16.5. The fraction of sp³-hybridized carbons (Fsp3) is 0.381. The second-order valence-electron chi connectivity index (χ2n) is 6.56. The van der Waals surface area contributed by atoms with Crippen LogP contribution in [-0.2, 0) is 17.9 Å². The predicted molar refractivity (Wildman–Crippen MR) is 105 cm³/mol. The van der Waals surface area contributed by atoms with Gasteiger partial charge in [-0.25, -0.2) is 0 Å². The summed E-state index contributed by atoms with van der Waals surface area (Å²) in [5.74, 6) is 1.40. The Bertz CT molecular complexity index is 731. The third-order valence-electron chi connectivity index (χ3n) is 4.53. The number of methoxy groups -OCH3 is 1. The quantitative estimate of drug-likeness (QED) is 0.743. The molecule has 27 heavy (non-hydrogen) atoms. The molecule has 0 spiro atoms. The Kier molecular flexibility index (Phi) is 7.07. The molecule has 1 saturated heterocycles. The molecule has 1 aliphatic rings. The van der Waals surface area contributed by atoms with Crippen molar-refractivity contribution in [3.63, 3.8) is 0 Å². The Morgan fingerprint density at radius 3 is 2.59 bits per heavy atom. The fourth-order valence-electron chi connectivity index (χ4n) is 3.01. The molecule has 6 nitrogen and oxygen atoms in total. The number of nitrogens with zero attached hydrogens (tertiary/aromatic N) is 1. The van der Waals surface area contributed by atoms with Gasteiger partial charge < -0.3 is 20.1 Å². The van der Waals surface area contributed by atoms with Gasteiger partial charge in [0.05, 0.1) is 13.7 Å². The van der Waals surface area contributed by atoms with Gasteiger partial charge in [-0.15, -0.1) is 0 Å². The first-order valence-electron chi connectivity index (χ1n) is 9.28. The molecule has 0 saturated carbocycles. The summed E-state index contributed by atoms with van der Waals surface area (Å²) in [6.45, 7) is 5.10. The molecule has 0 aromatic heterocycles. The lowest BCUT2D eigenvalue weighted by Crippen LogP contribution is -2.47. The van der Waals surface area contributed by atoms with E-state index in [1.54, 1.807) is 7.11 Å². The molecular formula is C21H27N3O3. The summed E-state index contributed by atoms with van der Waals surface area (Å²) >= 11 is 0. The lowest BCUT2D eigenvalue weighted by Gasteiger charge is -2.26. The van der Waals surface area contributed by atoms with Crippen LogP contribution in [0.5, 0.6) is 11.5 Å². The Morgan fingerprint density at radius 2 is 1.85 bits per heavy atom. The SMILES string of the molecule is COc1cc(CNC(=O)CN2CCNCC2)ccc1OCc1ccccc1. The summed E-state index contributed by atoms with van der Waals surface area (Å²) in [4.78, 5) is 14.3. The van der Waals surface area contributed by atoms with Crippen LogP contribution < -0.4 is 20.1 Å². The van der Waals surface area contributed by atoms with Gasteiger partial charge in [-0.2, -0.15) is 0 Å². The molecule has 2 N–H and O–H groups in total. The van der Waals surface area contributed by atoms with E-state index in [0.29, 0.717) is 31.2 Å². The van der Waals surface area contributed by atoms with E-state index in [9.17, 15) is 4.79 Å². The minimum atomic E-state index is 0.0419. The van der Waals surface area contributed by atoms with Gasteiger partial charge in [-0.1, -0.05) is 36.4 Å². The molecule has 0 unspecified atom stereocenters. The second kappa shape index (κ2) is 9.94. The average Bonchev–Trinajstić information content (AvgIpc) is 2.72. The number of hydrogen-bond donors (Lipinski definition) is 2. The minimum absolute atomic E-state index is 0.0419. The van der Waals surface area contributed by atoms with E-state index >= 15 is 0 Å². The summed E-state index contributed by atoms with van der Waals surface area (Å²) in [6, 6.07) is 15.8. The van der Waals surface area contributed by atoms with Gasteiger partial charge in [0, 0.05) is 32.7 Å². The number of carbonyl (C=O) groups is 1. The number of nitrogens with one attached hydrogen (secondary N) is 2. The van der Waals surface area contributed by atoms with Gasteiger partial charge in [0.2, 0.25) is 5.91 Å². The molecule has 144 valence electrons. The molecule has 3 rings (SSSR count). The Morgan fingerprint density at radius 1 is 1.07 bits per heavy atom. The van der Waals surface area contributed by atoms with Crippen molar-refractivity contribution in [2.75, 3.05) is 39.8 Å². The molecule has 0 aliphatic carbocycles. The smallest absolute Gasteiger partial charge is 0.234 e. The number of carbonyl (C=O) groups excluding carboxylic acids is 1. The van der Waals surface area contributed by atoms with Crippen LogP contribution in [0, 0.1) is 0 Å². The maximum absolute atomic E-state index is 12.1. The van der Waals surface area contributed by atoms with E-state index in [1.165, 1.54) is 0 Å². The highest BCUT2D eigenvalue weighted by molar-refractivity contribution is 5.78. The highest BCUT2D eigenvalue weighted by Crippen LogP contribution is 2.28.